The Morgan fingerprint density at radius 2 is 2.13 bits per heavy atom. The maximum Gasteiger partial charge on any atom is 0.141 e. The van der Waals surface area contributed by atoms with Crippen LogP contribution in [0.5, 0.6) is 0 Å². The molecule has 1 unspecified atom stereocenters. The summed E-state index contributed by atoms with van der Waals surface area (Å²) in [5, 5.41) is 3.98. The van der Waals surface area contributed by atoms with Crippen LogP contribution in [0.4, 0.5) is 4.39 Å². The molecule has 4 heteroatoms. The molecular weight excluding hydrogens is 261 g/mol. The summed E-state index contributed by atoms with van der Waals surface area (Å²) in [7, 11) is 1.86. The lowest BCUT2D eigenvalue weighted by molar-refractivity contribution is 0.473. The van der Waals surface area contributed by atoms with E-state index >= 15 is 0 Å². The highest BCUT2D eigenvalue weighted by Gasteiger charge is 2.11. The van der Waals surface area contributed by atoms with Crippen molar-refractivity contribution in [2.45, 2.75) is 13.0 Å². The molecule has 0 aliphatic heterocycles. The summed E-state index contributed by atoms with van der Waals surface area (Å²) < 4.78 is 19.2. The van der Waals surface area contributed by atoms with Crippen LogP contribution < -0.4 is 5.32 Å². The summed E-state index contributed by atoms with van der Waals surface area (Å²) in [6, 6.07) is 5.16. The van der Waals surface area contributed by atoms with Crippen LogP contribution in [0.2, 0.25) is 0 Å². The van der Waals surface area contributed by atoms with E-state index in [1.54, 1.807) is 6.07 Å². The van der Waals surface area contributed by atoms with Gasteiger partial charge in [0.05, 0.1) is 10.5 Å². The third kappa shape index (κ3) is 1.92. The highest BCUT2D eigenvalue weighted by Crippen LogP contribution is 2.28. The fraction of sp³-hybridized carbons (Fsp3) is 0.273. The largest absolute Gasteiger partial charge is 0.459 e. The first kappa shape index (κ1) is 10.6. The van der Waals surface area contributed by atoms with Crippen LogP contribution in [0.3, 0.4) is 0 Å². The van der Waals surface area contributed by atoms with Gasteiger partial charge >= 0.3 is 0 Å². The Morgan fingerprint density at radius 1 is 1.40 bits per heavy atom. The third-order valence-electron chi connectivity index (χ3n) is 2.44. The molecule has 0 saturated carbocycles. The van der Waals surface area contributed by atoms with Gasteiger partial charge in [0.2, 0.25) is 0 Å². The van der Waals surface area contributed by atoms with Gasteiger partial charge in [-0.2, -0.15) is 0 Å². The number of fused-ring (bicyclic) bond motifs is 1. The Labute approximate surface area is 95.6 Å². The Hall–Kier alpha value is -0.870. The Morgan fingerprint density at radius 3 is 2.80 bits per heavy atom. The van der Waals surface area contributed by atoms with E-state index < -0.39 is 0 Å². The number of furan rings is 1. The molecule has 15 heavy (non-hydrogen) atoms. The minimum Gasteiger partial charge on any atom is -0.459 e. The van der Waals surface area contributed by atoms with Crippen LogP contribution in [0.1, 0.15) is 18.7 Å². The molecule has 1 aromatic heterocycles. The summed E-state index contributed by atoms with van der Waals surface area (Å²) in [6.45, 7) is 1.99. The van der Waals surface area contributed by atoms with E-state index in [2.05, 4.69) is 21.2 Å². The van der Waals surface area contributed by atoms with Gasteiger partial charge in [-0.05, 0) is 42.0 Å². The van der Waals surface area contributed by atoms with E-state index in [4.69, 9.17) is 4.42 Å². The topological polar surface area (TPSA) is 25.2 Å². The minimum absolute atomic E-state index is 0.124. The van der Waals surface area contributed by atoms with Gasteiger partial charge < -0.3 is 9.73 Å². The number of hydrogen-bond donors (Lipinski definition) is 1. The molecule has 0 saturated heterocycles. The van der Waals surface area contributed by atoms with Gasteiger partial charge in [-0.15, -0.1) is 0 Å². The molecule has 0 amide bonds. The summed E-state index contributed by atoms with van der Waals surface area (Å²) in [4.78, 5) is 0. The van der Waals surface area contributed by atoms with Crippen molar-refractivity contribution >= 4 is 26.9 Å². The van der Waals surface area contributed by atoms with Crippen LogP contribution in [-0.2, 0) is 0 Å². The second-order valence-electron chi connectivity index (χ2n) is 3.46. The standard InChI is InChI=1S/C11H11BrFNO/c1-6(14-2)10-4-7-3-8(12)9(13)5-11(7)15-10/h3-6,14H,1-2H3. The molecule has 2 aromatic rings. The van der Waals surface area contributed by atoms with Crippen molar-refractivity contribution in [3.05, 3.63) is 34.2 Å². The van der Waals surface area contributed by atoms with Gasteiger partial charge in [0.1, 0.15) is 17.2 Å². The van der Waals surface area contributed by atoms with Crippen molar-refractivity contribution in [3.63, 3.8) is 0 Å². The lowest BCUT2D eigenvalue weighted by Gasteiger charge is -2.04. The first-order chi connectivity index (χ1) is 7.11. The van der Waals surface area contributed by atoms with E-state index in [1.807, 2.05) is 20.0 Å². The molecule has 1 aromatic carbocycles. The Bertz CT molecular complexity index is 456. The number of rotatable bonds is 2. The van der Waals surface area contributed by atoms with Crippen molar-refractivity contribution < 1.29 is 8.81 Å². The molecule has 0 aliphatic rings. The molecule has 0 spiro atoms. The van der Waals surface area contributed by atoms with E-state index in [1.165, 1.54) is 6.07 Å². The van der Waals surface area contributed by atoms with Gasteiger partial charge in [0.15, 0.2) is 0 Å². The Balaban J connectivity index is 2.56. The average Bonchev–Trinajstić information content (AvgIpc) is 2.60. The number of hydrogen-bond acceptors (Lipinski definition) is 2. The molecule has 80 valence electrons. The smallest absolute Gasteiger partial charge is 0.141 e. The van der Waals surface area contributed by atoms with Crippen molar-refractivity contribution in [1.29, 1.82) is 0 Å². The zero-order chi connectivity index (χ0) is 11.0. The molecule has 0 radical (unpaired) electrons. The van der Waals surface area contributed by atoms with Crippen LogP contribution in [0.15, 0.2) is 27.1 Å². The third-order valence-corrected chi connectivity index (χ3v) is 3.05. The van der Waals surface area contributed by atoms with Crippen LogP contribution in [0.25, 0.3) is 11.0 Å². The number of nitrogens with one attached hydrogen (secondary N) is 1. The summed E-state index contributed by atoms with van der Waals surface area (Å²) in [5.41, 5.74) is 0.577. The molecule has 1 atom stereocenters. The second-order valence-corrected chi connectivity index (χ2v) is 4.32. The predicted molar refractivity (Wildman–Crippen MR) is 61.3 cm³/mol. The number of benzene rings is 1. The zero-order valence-electron chi connectivity index (χ0n) is 8.47. The molecule has 1 heterocycles. The minimum atomic E-state index is -0.305. The molecular formula is C11H11BrFNO. The first-order valence-electron chi connectivity index (χ1n) is 4.67. The highest BCUT2D eigenvalue weighted by atomic mass is 79.9. The lowest BCUT2D eigenvalue weighted by Crippen LogP contribution is -2.10. The van der Waals surface area contributed by atoms with Crippen LogP contribution in [0, 0.1) is 5.82 Å². The molecule has 0 aliphatic carbocycles. The summed E-state index contributed by atoms with van der Waals surface area (Å²) >= 11 is 3.15. The molecule has 2 rings (SSSR count). The van der Waals surface area contributed by atoms with Gasteiger partial charge in [-0.1, -0.05) is 0 Å². The van der Waals surface area contributed by atoms with Crippen molar-refractivity contribution in [1.82, 2.24) is 5.32 Å². The Kier molecular flexibility index (Phi) is 2.80. The molecule has 1 N–H and O–H groups in total. The maximum absolute atomic E-state index is 13.2. The fourth-order valence-electron chi connectivity index (χ4n) is 1.41. The summed E-state index contributed by atoms with van der Waals surface area (Å²) in [6.07, 6.45) is 0. The second kappa shape index (κ2) is 3.94. The average molecular weight is 272 g/mol. The van der Waals surface area contributed by atoms with Crippen LogP contribution in [-0.4, -0.2) is 7.05 Å². The van der Waals surface area contributed by atoms with Gasteiger partial charge in [0.25, 0.3) is 0 Å². The van der Waals surface area contributed by atoms with Crippen molar-refractivity contribution in [2.24, 2.45) is 0 Å². The monoisotopic (exact) mass is 271 g/mol. The van der Waals surface area contributed by atoms with Crippen molar-refractivity contribution in [2.75, 3.05) is 7.05 Å². The first-order valence-corrected chi connectivity index (χ1v) is 5.47. The normalized spacial score (nSPS) is 13.3. The SMILES string of the molecule is CNC(C)c1cc2cc(Br)c(F)cc2o1. The highest BCUT2D eigenvalue weighted by molar-refractivity contribution is 9.10. The van der Waals surface area contributed by atoms with E-state index in [9.17, 15) is 4.39 Å². The van der Waals surface area contributed by atoms with Gasteiger partial charge in [-0.25, -0.2) is 4.39 Å². The van der Waals surface area contributed by atoms with Crippen LogP contribution >= 0.6 is 15.9 Å². The number of halogens is 2. The van der Waals surface area contributed by atoms with E-state index in [0.717, 1.165) is 11.1 Å². The molecule has 2 nitrogen and oxygen atoms in total. The van der Waals surface area contributed by atoms with Gasteiger partial charge in [-0.3, -0.25) is 0 Å². The summed E-state index contributed by atoms with van der Waals surface area (Å²) in [5.74, 6) is 0.505. The lowest BCUT2D eigenvalue weighted by atomic mass is 10.2. The van der Waals surface area contributed by atoms with E-state index in [-0.39, 0.29) is 11.9 Å². The molecule has 0 bridgehead atoms. The van der Waals surface area contributed by atoms with Crippen molar-refractivity contribution in [3.8, 4) is 0 Å². The predicted octanol–water partition coefficient (Wildman–Crippen LogP) is 3.61. The fourth-order valence-corrected chi connectivity index (χ4v) is 1.77. The van der Waals surface area contributed by atoms with E-state index in [0.29, 0.717) is 10.1 Å². The van der Waals surface area contributed by atoms with Gasteiger partial charge in [0, 0.05) is 11.5 Å². The maximum atomic E-state index is 13.2. The zero-order valence-corrected chi connectivity index (χ0v) is 10.1. The quantitative estimate of drug-likeness (QED) is 0.903. The molecule has 0 fully saturated rings.